The Labute approximate surface area is 70.4 Å². The Kier molecular flexibility index (Phi) is 3.20. The molecule has 1 aromatic carbocycles. The Balaban J connectivity index is 2.39. The van der Waals surface area contributed by atoms with Gasteiger partial charge in [-0.3, -0.25) is 0 Å². The Morgan fingerprint density at radius 3 is 2.55 bits per heavy atom. The van der Waals surface area contributed by atoms with Crippen LogP contribution in [-0.2, 0) is 0 Å². The van der Waals surface area contributed by atoms with Crippen molar-refractivity contribution in [1.82, 2.24) is 0 Å². The fraction of sp³-hybridized carbons (Fsp3) is 0.250. The van der Waals surface area contributed by atoms with Crippen LogP contribution in [0.4, 0.5) is 0 Å². The molecule has 0 amide bonds. The lowest BCUT2D eigenvalue weighted by molar-refractivity contribution is 0.169. The third kappa shape index (κ3) is 3.25. The third-order valence-electron chi connectivity index (χ3n) is 1.13. The van der Waals surface area contributed by atoms with Crippen LogP contribution in [0.2, 0.25) is 0 Å². The first-order chi connectivity index (χ1) is 5.29. The minimum absolute atomic E-state index is 0.117. The van der Waals surface area contributed by atoms with Gasteiger partial charge in [-0.25, -0.2) is 0 Å². The summed E-state index contributed by atoms with van der Waals surface area (Å²) in [4.78, 5) is 0. The van der Waals surface area contributed by atoms with Crippen LogP contribution in [0.5, 0.6) is 5.75 Å². The van der Waals surface area contributed by atoms with Gasteiger partial charge in [0.15, 0.2) is 5.56 Å². The van der Waals surface area contributed by atoms with Crippen molar-refractivity contribution in [3.63, 3.8) is 0 Å². The molecule has 0 bridgehead atoms. The molecule has 0 aromatic heterocycles. The maximum absolute atomic E-state index is 8.65. The molecule has 0 fully saturated rings. The second-order valence-electron chi connectivity index (χ2n) is 2.06. The van der Waals surface area contributed by atoms with Crippen LogP contribution in [0.15, 0.2) is 30.3 Å². The number of alkyl halides is 1. The summed E-state index contributed by atoms with van der Waals surface area (Å²) in [5.41, 5.74) is -0.935. The highest BCUT2D eigenvalue weighted by molar-refractivity contribution is 6.19. The molecule has 1 atom stereocenters. The van der Waals surface area contributed by atoms with Crippen LogP contribution in [-0.4, -0.2) is 17.3 Å². The lowest BCUT2D eigenvalue weighted by Crippen LogP contribution is -2.09. The van der Waals surface area contributed by atoms with E-state index in [0.29, 0.717) is 5.75 Å². The minimum atomic E-state index is -0.935. The van der Waals surface area contributed by atoms with E-state index in [0.717, 1.165) is 0 Å². The Morgan fingerprint density at radius 2 is 2.00 bits per heavy atom. The summed E-state index contributed by atoms with van der Waals surface area (Å²) in [6, 6.07) is 9.22. The monoisotopic (exact) mass is 172 g/mol. The van der Waals surface area contributed by atoms with Crippen LogP contribution in [0.3, 0.4) is 0 Å². The summed E-state index contributed by atoms with van der Waals surface area (Å²) in [5.74, 6) is 0.715. The van der Waals surface area contributed by atoms with E-state index in [2.05, 4.69) is 0 Å². The number of aliphatic hydroxyl groups excluding tert-OH is 1. The van der Waals surface area contributed by atoms with Crippen molar-refractivity contribution in [3.05, 3.63) is 30.3 Å². The lowest BCUT2D eigenvalue weighted by Gasteiger charge is -2.05. The standard InChI is InChI=1S/C8H9ClO2/c9-8(10)6-11-7-4-2-1-3-5-7/h1-5,8,10H,6H2/t8-/m0/s1. The predicted molar refractivity (Wildman–Crippen MR) is 43.8 cm³/mol. The van der Waals surface area contributed by atoms with Crippen molar-refractivity contribution in [2.24, 2.45) is 0 Å². The van der Waals surface area contributed by atoms with Crippen LogP contribution in [0.25, 0.3) is 0 Å². The largest absolute Gasteiger partial charge is 0.490 e. The molecule has 2 nitrogen and oxygen atoms in total. The van der Waals surface area contributed by atoms with E-state index in [1.807, 2.05) is 18.2 Å². The molecule has 60 valence electrons. The molecular formula is C8H9ClO2. The van der Waals surface area contributed by atoms with Gasteiger partial charge < -0.3 is 9.84 Å². The van der Waals surface area contributed by atoms with Crippen molar-refractivity contribution >= 4 is 11.6 Å². The zero-order valence-corrected chi connectivity index (χ0v) is 6.66. The molecule has 0 spiro atoms. The van der Waals surface area contributed by atoms with E-state index in [-0.39, 0.29) is 6.61 Å². The summed E-state index contributed by atoms with van der Waals surface area (Å²) < 4.78 is 5.09. The Bertz CT molecular complexity index is 199. The van der Waals surface area contributed by atoms with Crippen LogP contribution >= 0.6 is 11.6 Å². The van der Waals surface area contributed by atoms with Crippen molar-refractivity contribution in [1.29, 1.82) is 0 Å². The van der Waals surface area contributed by atoms with Crippen molar-refractivity contribution < 1.29 is 9.84 Å². The normalized spacial score (nSPS) is 12.5. The van der Waals surface area contributed by atoms with Gasteiger partial charge in [-0.05, 0) is 12.1 Å². The summed E-state index contributed by atoms with van der Waals surface area (Å²) >= 11 is 5.26. The predicted octanol–water partition coefficient (Wildman–Crippen LogP) is 1.62. The van der Waals surface area contributed by atoms with E-state index in [1.165, 1.54) is 0 Å². The van der Waals surface area contributed by atoms with E-state index >= 15 is 0 Å². The first-order valence-electron chi connectivity index (χ1n) is 3.29. The molecule has 1 N–H and O–H groups in total. The molecule has 0 saturated heterocycles. The Hall–Kier alpha value is -0.730. The summed E-state index contributed by atoms with van der Waals surface area (Å²) in [5, 5.41) is 8.65. The minimum Gasteiger partial charge on any atom is -0.490 e. The zero-order valence-electron chi connectivity index (χ0n) is 5.90. The second-order valence-corrected chi connectivity index (χ2v) is 2.56. The molecule has 1 rings (SSSR count). The number of aliphatic hydroxyl groups is 1. The number of para-hydroxylation sites is 1. The quantitative estimate of drug-likeness (QED) is 0.703. The van der Waals surface area contributed by atoms with Gasteiger partial charge in [0.05, 0.1) is 0 Å². The Morgan fingerprint density at radius 1 is 1.36 bits per heavy atom. The highest BCUT2D eigenvalue weighted by Gasteiger charge is 1.97. The molecule has 0 radical (unpaired) electrons. The number of rotatable bonds is 3. The molecule has 1 aromatic rings. The molecule has 11 heavy (non-hydrogen) atoms. The van der Waals surface area contributed by atoms with Gasteiger partial charge in [-0.15, -0.1) is 0 Å². The summed E-state index contributed by atoms with van der Waals surface area (Å²) in [6.07, 6.45) is 0. The SMILES string of the molecule is O[C@H](Cl)COc1ccccc1. The van der Waals surface area contributed by atoms with Crippen molar-refractivity contribution in [3.8, 4) is 5.75 Å². The van der Waals surface area contributed by atoms with Gasteiger partial charge in [-0.2, -0.15) is 0 Å². The van der Waals surface area contributed by atoms with Gasteiger partial charge >= 0.3 is 0 Å². The maximum Gasteiger partial charge on any atom is 0.161 e. The van der Waals surface area contributed by atoms with Gasteiger partial charge in [0.25, 0.3) is 0 Å². The number of hydrogen-bond donors (Lipinski definition) is 1. The summed E-state index contributed by atoms with van der Waals surface area (Å²) in [6.45, 7) is 0.117. The van der Waals surface area contributed by atoms with Crippen LogP contribution in [0.1, 0.15) is 0 Å². The number of hydrogen-bond acceptors (Lipinski definition) is 2. The fourth-order valence-corrected chi connectivity index (χ4v) is 0.745. The highest BCUT2D eigenvalue weighted by Crippen LogP contribution is 2.08. The van der Waals surface area contributed by atoms with E-state index in [1.54, 1.807) is 12.1 Å². The second kappa shape index (κ2) is 4.21. The topological polar surface area (TPSA) is 29.5 Å². The molecule has 0 aliphatic heterocycles. The first kappa shape index (κ1) is 8.37. The van der Waals surface area contributed by atoms with E-state index in [9.17, 15) is 0 Å². The van der Waals surface area contributed by atoms with Crippen LogP contribution < -0.4 is 4.74 Å². The number of halogens is 1. The van der Waals surface area contributed by atoms with Gasteiger partial charge in [0.1, 0.15) is 12.4 Å². The summed E-state index contributed by atoms with van der Waals surface area (Å²) in [7, 11) is 0. The van der Waals surface area contributed by atoms with E-state index in [4.69, 9.17) is 21.4 Å². The zero-order chi connectivity index (χ0) is 8.10. The van der Waals surface area contributed by atoms with Crippen LogP contribution in [0, 0.1) is 0 Å². The van der Waals surface area contributed by atoms with E-state index < -0.39 is 5.56 Å². The smallest absolute Gasteiger partial charge is 0.161 e. The molecule has 0 unspecified atom stereocenters. The molecular weight excluding hydrogens is 164 g/mol. The highest BCUT2D eigenvalue weighted by atomic mass is 35.5. The molecule has 0 aliphatic carbocycles. The first-order valence-corrected chi connectivity index (χ1v) is 3.72. The molecule has 0 heterocycles. The third-order valence-corrected chi connectivity index (χ3v) is 1.26. The van der Waals surface area contributed by atoms with Crippen molar-refractivity contribution in [2.45, 2.75) is 5.56 Å². The molecule has 3 heteroatoms. The van der Waals surface area contributed by atoms with Gasteiger partial charge in [-0.1, -0.05) is 29.8 Å². The molecule has 0 saturated carbocycles. The molecule has 0 aliphatic rings. The van der Waals surface area contributed by atoms with Crippen molar-refractivity contribution in [2.75, 3.05) is 6.61 Å². The maximum atomic E-state index is 8.65. The van der Waals surface area contributed by atoms with Gasteiger partial charge in [0, 0.05) is 0 Å². The number of ether oxygens (including phenoxy) is 1. The average molecular weight is 173 g/mol. The average Bonchev–Trinajstić information content (AvgIpc) is 2.03. The lowest BCUT2D eigenvalue weighted by atomic mass is 10.3. The van der Waals surface area contributed by atoms with Gasteiger partial charge in [0.2, 0.25) is 0 Å². The fourth-order valence-electron chi connectivity index (χ4n) is 0.682. The number of benzene rings is 1.